The number of hydrogen-bond acceptors (Lipinski definition) is 4. The van der Waals surface area contributed by atoms with E-state index in [-0.39, 0.29) is 0 Å². The monoisotopic (exact) mass is 304 g/mol. The Morgan fingerprint density at radius 1 is 1.33 bits per heavy atom. The summed E-state index contributed by atoms with van der Waals surface area (Å²) in [6, 6.07) is 0.931. The van der Waals surface area contributed by atoms with Gasteiger partial charge in [0.15, 0.2) is 4.96 Å². The van der Waals surface area contributed by atoms with Crippen molar-refractivity contribution in [1.82, 2.24) is 19.6 Å². The third kappa shape index (κ3) is 2.74. The summed E-state index contributed by atoms with van der Waals surface area (Å²) in [6.07, 6.45) is 6.44. The van der Waals surface area contributed by atoms with E-state index in [1.807, 2.05) is 0 Å². The number of thiazole rings is 1. The fourth-order valence-corrected chi connectivity index (χ4v) is 4.41. The Kier molecular flexibility index (Phi) is 3.52. The summed E-state index contributed by atoms with van der Waals surface area (Å²) in [6.45, 7) is 8.96. The number of likely N-dealkylation sites (tertiary alicyclic amines) is 1. The fraction of sp³-hybridized carbons (Fsp3) is 0.688. The first-order valence-electron chi connectivity index (χ1n) is 8.09. The standard InChI is InChI=1S/C16H24N4S/c1-11-9-20-15(12(2)18-16(20)21-11)8-17-7-13-5-6-19(10-13)14-3-4-14/h9,13-14,17H,3-8,10H2,1-2H3/t13-/m0/s1. The van der Waals surface area contributed by atoms with Gasteiger partial charge >= 0.3 is 0 Å². The molecule has 5 heteroatoms. The van der Waals surface area contributed by atoms with Crippen LogP contribution in [0.25, 0.3) is 4.96 Å². The Labute approximate surface area is 130 Å². The van der Waals surface area contributed by atoms with E-state index in [1.54, 1.807) is 11.3 Å². The normalized spacial score (nSPS) is 23.4. The highest BCUT2D eigenvalue weighted by atomic mass is 32.1. The van der Waals surface area contributed by atoms with Crippen molar-refractivity contribution < 1.29 is 0 Å². The minimum atomic E-state index is 0.832. The first-order chi connectivity index (χ1) is 10.2. The smallest absolute Gasteiger partial charge is 0.194 e. The molecule has 0 amide bonds. The van der Waals surface area contributed by atoms with Crippen molar-refractivity contribution in [3.63, 3.8) is 0 Å². The van der Waals surface area contributed by atoms with Gasteiger partial charge in [0.05, 0.1) is 11.4 Å². The summed E-state index contributed by atoms with van der Waals surface area (Å²) >= 11 is 1.77. The van der Waals surface area contributed by atoms with Gasteiger partial charge in [0, 0.05) is 30.2 Å². The molecule has 1 aliphatic heterocycles. The maximum atomic E-state index is 4.66. The minimum Gasteiger partial charge on any atom is -0.311 e. The number of nitrogens with zero attached hydrogens (tertiary/aromatic N) is 3. The molecule has 4 rings (SSSR count). The van der Waals surface area contributed by atoms with Crippen LogP contribution in [-0.4, -0.2) is 40.0 Å². The lowest BCUT2D eigenvalue weighted by atomic mass is 10.1. The van der Waals surface area contributed by atoms with Gasteiger partial charge in [-0.1, -0.05) is 0 Å². The number of aromatic nitrogens is 2. The van der Waals surface area contributed by atoms with Crippen LogP contribution < -0.4 is 5.32 Å². The van der Waals surface area contributed by atoms with E-state index in [2.05, 4.69) is 39.6 Å². The van der Waals surface area contributed by atoms with E-state index in [9.17, 15) is 0 Å². The number of fused-ring (bicyclic) bond motifs is 1. The molecule has 1 aliphatic carbocycles. The molecule has 0 radical (unpaired) electrons. The topological polar surface area (TPSA) is 32.6 Å². The summed E-state index contributed by atoms with van der Waals surface area (Å²) in [5.41, 5.74) is 2.49. The lowest BCUT2D eigenvalue weighted by molar-refractivity contribution is 0.311. The minimum absolute atomic E-state index is 0.832. The van der Waals surface area contributed by atoms with Gasteiger partial charge in [0.2, 0.25) is 0 Å². The van der Waals surface area contributed by atoms with Gasteiger partial charge in [0.1, 0.15) is 0 Å². The summed E-state index contributed by atoms with van der Waals surface area (Å²) in [7, 11) is 0. The van der Waals surface area contributed by atoms with Crippen molar-refractivity contribution in [3.05, 3.63) is 22.5 Å². The fourth-order valence-electron chi connectivity index (χ4n) is 3.52. The predicted octanol–water partition coefficient (Wildman–Crippen LogP) is 2.59. The van der Waals surface area contributed by atoms with Gasteiger partial charge in [-0.3, -0.25) is 4.40 Å². The first kappa shape index (κ1) is 13.7. The molecule has 0 aromatic carbocycles. The van der Waals surface area contributed by atoms with Crippen LogP contribution in [0.3, 0.4) is 0 Å². The molecule has 4 nitrogen and oxygen atoms in total. The van der Waals surface area contributed by atoms with Crippen molar-refractivity contribution >= 4 is 16.3 Å². The van der Waals surface area contributed by atoms with E-state index in [0.717, 1.165) is 30.0 Å². The third-order valence-electron chi connectivity index (χ3n) is 4.85. The van der Waals surface area contributed by atoms with Crippen molar-refractivity contribution in [1.29, 1.82) is 0 Å². The van der Waals surface area contributed by atoms with Crippen molar-refractivity contribution in [2.75, 3.05) is 19.6 Å². The highest BCUT2D eigenvalue weighted by Crippen LogP contribution is 2.31. The van der Waals surface area contributed by atoms with Gasteiger partial charge in [-0.15, -0.1) is 11.3 Å². The van der Waals surface area contributed by atoms with Gasteiger partial charge in [-0.2, -0.15) is 0 Å². The second-order valence-corrected chi connectivity index (χ2v) is 7.86. The average molecular weight is 304 g/mol. The zero-order valence-electron chi connectivity index (χ0n) is 12.9. The Hall–Kier alpha value is -0.910. The van der Waals surface area contributed by atoms with Gasteiger partial charge in [-0.25, -0.2) is 4.98 Å². The number of aryl methyl sites for hydroxylation is 2. The van der Waals surface area contributed by atoms with E-state index in [4.69, 9.17) is 0 Å². The maximum absolute atomic E-state index is 4.66. The van der Waals surface area contributed by atoms with Crippen molar-refractivity contribution in [3.8, 4) is 0 Å². The molecule has 114 valence electrons. The second-order valence-electron chi connectivity index (χ2n) is 6.65. The molecule has 1 saturated carbocycles. The molecule has 0 unspecified atom stereocenters. The quantitative estimate of drug-likeness (QED) is 0.921. The third-order valence-corrected chi connectivity index (χ3v) is 5.74. The average Bonchev–Trinajstić information content (AvgIpc) is 2.99. The van der Waals surface area contributed by atoms with E-state index in [0.29, 0.717) is 0 Å². The number of imidazole rings is 1. The molecular formula is C16H24N4S. The number of nitrogens with one attached hydrogen (secondary N) is 1. The number of rotatable bonds is 5. The van der Waals surface area contributed by atoms with E-state index >= 15 is 0 Å². The molecule has 1 saturated heterocycles. The summed E-state index contributed by atoms with van der Waals surface area (Å²) in [5, 5.41) is 3.67. The van der Waals surface area contributed by atoms with E-state index < -0.39 is 0 Å². The van der Waals surface area contributed by atoms with Crippen LogP contribution in [0.4, 0.5) is 0 Å². The van der Waals surface area contributed by atoms with Gasteiger partial charge < -0.3 is 10.2 Å². The van der Waals surface area contributed by atoms with Crippen LogP contribution in [0.1, 0.15) is 35.5 Å². The molecule has 0 bridgehead atoms. The summed E-state index contributed by atoms with van der Waals surface area (Å²) in [5.74, 6) is 0.832. The molecule has 21 heavy (non-hydrogen) atoms. The SMILES string of the molecule is Cc1cn2c(CNC[C@@H]3CCN(C4CC4)C3)c(C)nc2s1. The van der Waals surface area contributed by atoms with Gasteiger partial charge in [0.25, 0.3) is 0 Å². The maximum Gasteiger partial charge on any atom is 0.194 e. The zero-order valence-corrected chi connectivity index (χ0v) is 13.7. The Bertz CT molecular complexity index is 640. The Morgan fingerprint density at radius 2 is 2.19 bits per heavy atom. The molecular weight excluding hydrogens is 280 g/mol. The molecule has 1 atom stereocenters. The highest BCUT2D eigenvalue weighted by Gasteiger charge is 2.34. The van der Waals surface area contributed by atoms with Crippen LogP contribution in [0.5, 0.6) is 0 Å². The zero-order chi connectivity index (χ0) is 14.4. The molecule has 2 aliphatic rings. The molecule has 2 aromatic rings. The van der Waals surface area contributed by atoms with E-state index in [1.165, 1.54) is 48.6 Å². The summed E-state index contributed by atoms with van der Waals surface area (Å²) < 4.78 is 2.26. The van der Waals surface area contributed by atoms with Crippen molar-refractivity contribution in [2.24, 2.45) is 5.92 Å². The molecule has 1 N–H and O–H groups in total. The first-order valence-corrected chi connectivity index (χ1v) is 8.91. The predicted molar refractivity (Wildman–Crippen MR) is 87.0 cm³/mol. The second kappa shape index (κ2) is 5.38. The van der Waals surface area contributed by atoms with Crippen LogP contribution in [0.15, 0.2) is 6.20 Å². The van der Waals surface area contributed by atoms with Crippen LogP contribution >= 0.6 is 11.3 Å². The highest BCUT2D eigenvalue weighted by molar-refractivity contribution is 7.17. The van der Waals surface area contributed by atoms with Crippen molar-refractivity contribution in [2.45, 2.75) is 45.7 Å². The lowest BCUT2D eigenvalue weighted by Crippen LogP contribution is -2.27. The largest absolute Gasteiger partial charge is 0.311 e. The molecule has 3 heterocycles. The van der Waals surface area contributed by atoms with Crippen LogP contribution in [-0.2, 0) is 6.54 Å². The Balaban J connectivity index is 1.34. The van der Waals surface area contributed by atoms with Gasteiger partial charge in [-0.05, 0) is 52.1 Å². The molecule has 2 aromatic heterocycles. The number of hydrogen-bond donors (Lipinski definition) is 1. The Morgan fingerprint density at radius 3 is 3.00 bits per heavy atom. The molecule has 2 fully saturated rings. The van der Waals surface area contributed by atoms with Crippen LogP contribution in [0, 0.1) is 19.8 Å². The summed E-state index contributed by atoms with van der Waals surface area (Å²) in [4.78, 5) is 9.81. The van der Waals surface area contributed by atoms with Crippen LogP contribution in [0.2, 0.25) is 0 Å². The lowest BCUT2D eigenvalue weighted by Gasteiger charge is -2.15. The molecule has 0 spiro atoms.